The molecular weight excluding hydrogens is 427 g/mol. The average Bonchev–Trinajstić information content (AvgIpc) is 3.24. The molecule has 176 valence electrons. The number of benzene rings is 2. The zero-order valence-electron chi connectivity index (χ0n) is 19.5. The normalized spacial score (nSPS) is 15.3. The molecule has 3 rings (SSSR count). The maximum Gasteiger partial charge on any atom is 0.317 e. The molecule has 1 aliphatic rings. The van der Waals surface area contributed by atoms with Crippen LogP contribution in [0.25, 0.3) is 0 Å². The third-order valence-electron chi connectivity index (χ3n) is 5.27. The number of rotatable bonds is 7. The minimum Gasteiger partial charge on any atom is -0.497 e. The molecule has 1 N–H and O–H groups in total. The number of methoxy groups -OCH3 is 2. The molecular formula is C24H29FN4O4. The van der Waals surface area contributed by atoms with Crippen molar-refractivity contribution in [3.63, 3.8) is 0 Å². The number of hydrogen-bond donors (Lipinski definition) is 1. The van der Waals surface area contributed by atoms with E-state index in [9.17, 15) is 14.0 Å². The molecule has 0 spiro atoms. The van der Waals surface area contributed by atoms with E-state index < -0.39 is 6.04 Å². The van der Waals surface area contributed by atoms with Crippen LogP contribution in [0.2, 0.25) is 0 Å². The molecule has 9 heteroatoms. The van der Waals surface area contributed by atoms with Gasteiger partial charge in [0.25, 0.3) is 5.91 Å². The van der Waals surface area contributed by atoms with Crippen LogP contribution in [0.15, 0.2) is 47.6 Å². The lowest BCUT2D eigenvalue weighted by atomic mass is 9.97. The SMILES string of the molecule is COc1ccc(C2=NN(C(=O)CN(C)C(=O)NC(C)C)[C@@H](c3ccc(F)cc3)C2)c(OC)c1. The molecule has 1 heterocycles. The summed E-state index contributed by atoms with van der Waals surface area (Å²) in [7, 11) is 4.67. The molecule has 1 aliphatic heterocycles. The topological polar surface area (TPSA) is 83.5 Å². The van der Waals surface area contributed by atoms with E-state index in [4.69, 9.17) is 9.47 Å². The van der Waals surface area contributed by atoms with Gasteiger partial charge in [0, 0.05) is 31.1 Å². The van der Waals surface area contributed by atoms with Crippen molar-refractivity contribution >= 4 is 17.6 Å². The van der Waals surface area contributed by atoms with Crippen LogP contribution in [-0.2, 0) is 4.79 Å². The molecule has 0 unspecified atom stereocenters. The molecule has 0 radical (unpaired) electrons. The quantitative estimate of drug-likeness (QED) is 0.691. The summed E-state index contributed by atoms with van der Waals surface area (Å²) in [4.78, 5) is 26.8. The highest BCUT2D eigenvalue weighted by molar-refractivity contribution is 6.05. The number of urea groups is 1. The Hall–Kier alpha value is -3.62. The summed E-state index contributed by atoms with van der Waals surface area (Å²) in [5.41, 5.74) is 2.11. The van der Waals surface area contributed by atoms with Crippen molar-refractivity contribution in [3.05, 3.63) is 59.4 Å². The van der Waals surface area contributed by atoms with Crippen molar-refractivity contribution in [2.45, 2.75) is 32.4 Å². The van der Waals surface area contributed by atoms with Crippen LogP contribution in [0.4, 0.5) is 9.18 Å². The fraction of sp³-hybridized carbons (Fsp3) is 0.375. The lowest BCUT2D eigenvalue weighted by molar-refractivity contribution is -0.133. The minimum absolute atomic E-state index is 0.0547. The highest BCUT2D eigenvalue weighted by Crippen LogP contribution is 2.36. The summed E-state index contributed by atoms with van der Waals surface area (Å²) < 4.78 is 24.3. The Balaban J connectivity index is 1.92. The number of nitrogens with zero attached hydrogens (tertiary/aromatic N) is 3. The second-order valence-electron chi connectivity index (χ2n) is 8.08. The highest BCUT2D eigenvalue weighted by atomic mass is 19.1. The second kappa shape index (κ2) is 10.3. The van der Waals surface area contributed by atoms with Gasteiger partial charge in [-0.15, -0.1) is 0 Å². The van der Waals surface area contributed by atoms with E-state index in [0.29, 0.717) is 23.6 Å². The largest absolute Gasteiger partial charge is 0.497 e. The molecule has 0 fully saturated rings. The van der Waals surface area contributed by atoms with Gasteiger partial charge in [-0.2, -0.15) is 5.10 Å². The monoisotopic (exact) mass is 456 g/mol. The molecule has 0 aromatic heterocycles. The van der Waals surface area contributed by atoms with Crippen LogP contribution >= 0.6 is 0 Å². The summed E-state index contributed by atoms with van der Waals surface area (Å²) >= 11 is 0. The number of halogens is 1. The predicted octanol–water partition coefficient (Wildman–Crippen LogP) is 3.57. The van der Waals surface area contributed by atoms with Gasteiger partial charge in [0.05, 0.1) is 26.0 Å². The van der Waals surface area contributed by atoms with E-state index in [1.165, 1.54) is 22.0 Å². The van der Waals surface area contributed by atoms with Gasteiger partial charge in [-0.1, -0.05) is 12.1 Å². The molecule has 8 nitrogen and oxygen atoms in total. The van der Waals surface area contributed by atoms with Gasteiger partial charge in [0.15, 0.2) is 0 Å². The standard InChI is InChI=1S/C24H29FN4O4/c1-15(2)26-24(31)28(3)14-23(30)29-21(16-6-8-17(25)9-7-16)13-20(27-29)19-11-10-18(32-4)12-22(19)33-5/h6-12,15,21H,13-14H2,1-5H3,(H,26,31)/t21-/m1/s1. The van der Waals surface area contributed by atoms with E-state index in [1.54, 1.807) is 45.5 Å². The van der Waals surface area contributed by atoms with Crippen molar-refractivity contribution in [1.82, 2.24) is 15.2 Å². The van der Waals surface area contributed by atoms with Gasteiger partial charge >= 0.3 is 6.03 Å². The molecule has 0 aliphatic carbocycles. The highest BCUT2D eigenvalue weighted by Gasteiger charge is 2.35. The third-order valence-corrected chi connectivity index (χ3v) is 5.27. The fourth-order valence-corrected chi connectivity index (χ4v) is 3.59. The van der Waals surface area contributed by atoms with E-state index in [0.717, 1.165) is 11.1 Å². The summed E-state index contributed by atoms with van der Waals surface area (Å²) in [6, 6.07) is 10.5. The third kappa shape index (κ3) is 5.60. The zero-order valence-corrected chi connectivity index (χ0v) is 19.5. The summed E-state index contributed by atoms with van der Waals surface area (Å²) in [5.74, 6) is 0.481. The molecule has 0 saturated heterocycles. The van der Waals surface area contributed by atoms with Crippen molar-refractivity contribution in [2.75, 3.05) is 27.8 Å². The number of ether oxygens (including phenoxy) is 2. The first-order valence-corrected chi connectivity index (χ1v) is 10.6. The lowest BCUT2D eigenvalue weighted by Crippen LogP contribution is -2.45. The number of hydrogen-bond acceptors (Lipinski definition) is 5. The first-order valence-electron chi connectivity index (χ1n) is 10.6. The average molecular weight is 457 g/mol. The van der Waals surface area contributed by atoms with E-state index in [-0.39, 0.29) is 30.3 Å². The Bertz CT molecular complexity index is 1040. The predicted molar refractivity (Wildman–Crippen MR) is 123 cm³/mol. The van der Waals surface area contributed by atoms with Crippen LogP contribution in [0, 0.1) is 5.82 Å². The van der Waals surface area contributed by atoms with E-state index in [1.807, 2.05) is 19.9 Å². The van der Waals surface area contributed by atoms with Crippen LogP contribution < -0.4 is 14.8 Å². The van der Waals surface area contributed by atoms with Crippen LogP contribution in [-0.4, -0.2) is 61.4 Å². The first kappa shape index (κ1) is 24.0. The van der Waals surface area contributed by atoms with Crippen molar-refractivity contribution in [1.29, 1.82) is 0 Å². The number of likely N-dealkylation sites (N-methyl/N-ethyl adjacent to an activating group) is 1. The second-order valence-corrected chi connectivity index (χ2v) is 8.08. The van der Waals surface area contributed by atoms with Crippen molar-refractivity contribution in [3.8, 4) is 11.5 Å². The molecule has 0 bridgehead atoms. The number of carbonyl (C=O) groups is 2. The molecule has 0 saturated carbocycles. The van der Waals surface area contributed by atoms with E-state index in [2.05, 4.69) is 10.4 Å². The lowest BCUT2D eigenvalue weighted by Gasteiger charge is -2.25. The minimum atomic E-state index is -0.443. The fourth-order valence-electron chi connectivity index (χ4n) is 3.59. The molecule has 1 atom stereocenters. The first-order chi connectivity index (χ1) is 15.7. The summed E-state index contributed by atoms with van der Waals surface area (Å²) in [6.45, 7) is 3.53. The molecule has 2 aromatic rings. The number of amides is 3. The molecule has 3 amide bonds. The van der Waals surface area contributed by atoms with Gasteiger partial charge in [-0.3, -0.25) is 4.79 Å². The Kier molecular flexibility index (Phi) is 7.52. The molecule has 33 heavy (non-hydrogen) atoms. The van der Waals surface area contributed by atoms with Gasteiger partial charge in [0.1, 0.15) is 23.9 Å². The van der Waals surface area contributed by atoms with Crippen LogP contribution in [0.1, 0.15) is 37.4 Å². The Morgan fingerprint density at radius 3 is 2.48 bits per heavy atom. The van der Waals surface area contributed by atoms with Gasteiger partial charge in [-0.05, 0) is 43.7 Å². The Morgan fingerprint density at radius 2 is 1.88 bits per heavy atom. The van der Waals surface area contributed by atoms with Crippen molar-refractivity contribution in [2.24, 2.45) is 5.10 Å². The Labute approximate surface area is 193 Å². The number of hydrazone groups is 1. The van der Waals surface area contributed by atoms with Gasteiger partial charge < -0.3 is 19.7 Å². The van der Waals surface area contributed by atoms with Gasteiger partial charge in [0.2, 0.25) is 0 Å². The number of carbonyl (C=O) groups excluding carboxylic acids is 2. The Morgan fingerprint density at radius 1 is 1.18 bits per heavy atom. The maximum absolute atomic E-state index is 13.5. The summed E-state index contributed by atoms with van der Waals surface area (Å²) in [6.07, 6.45) is 0.405. The van der Waals surface area contributed by atoms with Crippen LogP contribution in [0.3, 0.4) is 0 Å². The smallest absolute Gasteiger partial charge is 0.317 e. The maximum atomic E-state index is 13.5. The van der Waals surface area contributed by atoms with E-state index >= 15 is 0 Å². The number of nitrogens with one attached hydrogen (secondary N) is 1. The van der Waals surface area contributed by atoms with Gasteiger partial charge in [-0.25, -0.2) is 14.2 Å². The van der Waals surface area contributed by atoms with Crippen molar-refractivity contribution < 1.29 is 23.5 Å². The van der Waals surface area contributed by atoms with Crippen LogP contribution in [0.5, 0.6) is 11.5 Å². The molecule has 2 aromatic carbocycles. The zero-order chi connectivity index (χ0) is 24.1. The summed E-state index contributed by atoms with van der Waals surface area (Å²) in [5, 5.41) is 8.73.